The summed E-state index contributed by atoms with van der Waals surface area (Å²) in [4.78, 5) is 11.1. The fourth-order valence-corrected chi connectivity index (χ4v) is 1.04. The second-order valence-corrected chi connectivity index (χ2v) is 2.89. The molecule has 0 saturated carbocycles. The quantitative estimate of drug-likeness (QED) is 0.610. The molecule has 1 N–H and O–H groups in total. The molecule has 0 aliphatic rings. The minimum atomic E-state index is -0.332. The number of aromatic hydroxyl groups is 1. The first-order valence-electron chi connectivity index (χ1n) is 4.83. The molecule has 0 saturated heterocycles. The fraction of sp³-hybridized carbons (Fsp3) is 0.364. The number of rotatable bonds is 4. The number of carbonyl (C=O) groups excluding carboxylic acids is 1. The van der Waals surface area contributed by atoms with E-state index in [-0.39, 0.29) is 11.7 Å². The van der Waals surface area contributed by atoms with Crippen LogP contribution in [0.25, 0.3) is 0 Å². The summed E-state index contributed by atoms with van der Waals surface area (Å²) in [6.07, 6.45) is 0.298. The summed E-state index contributed by atoms with van der Waals surface area (Å²) in [7, 11) is 0. The van der Waals surface area contributed by atoms with Gasteiger partial charge in [0.1, 0.15) is 5.75 Å². The molecule has 0 aliphatic carbocycles. The first-order chi connectivity index (χ1) is 7.17. The molecule has 4 nitrogen and oxygen atoms in total. The van der Waals surface area contributed by atoms with Crippen LogP contribution in [0.4, 0.5) is 0 Å². The molecular weight excluding hydrogens is 196 g/mol. The van der Waals surface area contributed by atoms with E-state index >= 15 is 0 Å². The van der Waals surface area contributed by atoms with Crippen molar-refractivity contribution < 1.29 is 19.4 Å². The highest BCUT2D eigenvalue weighted by molar-refractivity contribution is 5.73. The third-order valence-electron chi connectivity index (χ3n) is 1.74. The molecule has 15 heavy (non-hydrogen) atoms. The van der Waals surface area contributed by atoms with Crippen LogP contribution in [0.2, 0.25) is 0 Å². The van der Waals surface area contributed by atoms with E-state index in [0.29, 0.717) is 24.5 Å². The predicted molar refractivity (Wildman–Crippen MR) is 55.2 cm³/mol. The Labute approximate surface area is 88.4 Å². The molecule has 0 heterocycles. The highest BCUT2D eigenvalue weighted by atomic mass is 16.6. The van der Waals surface area contributed by atoms with Crippen molar-refractivity contribution >= 4 is 5.97 Å². The number of hydrogen-bond acceptors (Lipinski definition) is 4. The van der Waals surface area contributed by atoms with E-state index in [0.717, 1.165) is 0 Å². The van der Waals surface area contributed by atoms with Crippen LogP contribution in [-0.4, -0.2) is 17.7 Å². The van der Waals surface area contributed by atoms with Crippen molar-refractivity contribution in [2.45, 2.75) is 20.3 Å². The molecule has 0 atom stereocenters. The van der Waals surface area contributed by atoms with Crippen molar-refractivity contribution in [3.05, 3.63) is 18.2 Å². The number of hydrogen-bond donors (Lipinski definition) is 1. The Morgan fingerprint density at radius 1 is 1.33 bits per heavy atom. The van der Waals surface area contributed by atoms with Crippen molar-refractivity contribution in [1.29, 1.82) is 0 Å². The van der Waals surface area contributed by atoms with E-state index < -0.39 is 0 Å². The van der Waals surface area contributed by atoms with Gasteiger partial charge in [-0.1, -0.05) is 6.92 Å². The van der Waals surface area contributed by atoms with E-state index in [1.165, 1.54) is 18.2 Å². The zero-order valence-corrected chi connectivity index (χ0v) is 8.82. The smallest absolute Gasteiger partial charge is 0.311 e. The van der Waals surface area contributed by atoms with Crippen LogP contribution in [0.3, 0.4) is 0 Å². The van der Waals surface area contributed by atoms with E-state index in [9.17, 15) is 9.90 Å². The first kappa shape index (κ1) is 11.4. The van der Waals surface area contributed by atoms with Crippen LogP contribution in [0.1, 0.15) is 20.3 Å². The summed E-state index contributed by atoms with van der Waals surface area (Å²) in [6.45, 7) is 3.97. The Bertz CT molecular complexity index is 346. The summed E-state index contributed by atoms with van der Waals surface area (Å²) in [5.74, 6) is 0.456. The molecule has 0 radical (unpaired) electrons. The molecule has 0 aromatic heterocycles. The van der Waals surface area contributed by atoms with E-state index in [1.54, 1.807) is 6.92 Å². The van der Waals surface area contributed by atoms with Crippen LogP contribution in [-0.2, 0) is 4.79 Å². The van der Waals surface area contributed by atoms with Gasteiger partial charge < -0.3 is 14.6 Å². The summed E-state index contributed by atoms with van der Waals surface area (Å²) in [6, 6.07) is 4.37. The second kappa shape index (κ2) is 5.24. The number of carbonyl (C=O) groups is 1. The van der Waals surface area contributed by atoms with Crippen LogP contribution in [0.15, 0.2) is 18.2 Å². The van der Waals surface area contributed by atoms with Crippen molar-refractivity contribution in [1.82, 2.24) is 0 Å². The monoisotopic (exact) mass is 210 g/mol. The zero-order chi connectivity index (χ0) is 11.3. The topological polar surface area (TPSA) is 55.8 Å². The maximum absolute atomic E-state index is 11.1. The van der Waals surface area contributed by atoms with Gasteiger partial charge in [0.25, 0.3) is 0 Å². The molecule has 1 aromatic rings. The molecule has 4 heteroatoms. The number of phenols is 1. The number of benzene rings is 1. The minimum absolute atomic E-state index is 0.0785. The Balaban J connectivity index is 2.89. The molecule has 0 spiro atoms. The van der Waals surface area contributed by atoms with Crippen LogP contribution in [0, 0.1) is 0 Å². The van der Waals surface area contributed by atoms with Gasteiger partial charge in [-0.2, -0.15) is 0 Å². The van der Waals surface area contributed by atoms with Gasteiger partial charge in [0.15, 0.2) is 11.5 Å². The Morgan fingerprint density at radius 2 is 2.07 bits per heavy atom. The molecule has 0 bridgehead atoms. The number of ether oxygens (including phenoxy) is 2. The van der Waals surface area contributed by atoms with Crippen molar-refractivity contribution in [2.75, 3.05) is 6.61 Å². The third-order valence-corrected chi connectivity index (χ3v) is 1.74. The molecule has 0 unspecified atom stereocenters. The van der Waals surface area contributed by atoms with Gasteiger partial charge in [-0.15, -0.1) is 0 Å². The number of phenolic OH excluding ortho intramolecular Hbond substituents is 1. The van der Waals surface area contributed by atoms with Crippen LogP contribution < -0.4 is 9.47 Å². The average molecular weight is 210 g/mol. The second-order valence-electron chi connectivity index (χ2n) is 2.89. The van der Waals surface area contributed by atoms with Gasteiger partial charge in [0.2, 0.25) is 0 Å². The summed E-state index contributed by atoms with van der Waals surface area (Å²) in [5.41, 5.74) is 0. The standard InChI is InChI=1S/C11H14O4/c1-3-11(13)15-9-6-5-8(12)7-10(9)14-4-2/h5-7,12H,3-4H2,1-2H3. The lowest BCUT2D eigenvalue weighted by molar-refractivity contribution is -0.134. The normalized spacial score (nSPS) is 9.73. The third kappa shape index (κ3) is 3.16. The molecule has 1 rings (SSSR count). The summed E-state index contributed by atoms with van der Waals surface area (Å²) < 4.78 is 10.3. The van der Waals surface area contributed by atoms with Crippen LogP contribution in [0.5, 0.6) is 17.2 Å². The van der Waals surface area contributed by atoms with Gasteiger partial charge in [-0.3, -0.25) is 4.79 Å². The highest BCUT2D eigenvalue weighted by Gasteiger charge is 2.09. The van der Waals surface area contributed by atoms with Gasteiger partial charge in [0.05, 0.1) is 6.61 Å². The Morgan fingerprint density at radius 3 is 2.67 bits per heavy atom. The summed E-state index contributed by atoms with van der Waals surface area (Å²) in [5, 5.41) is 9.23. The van der Waals surface area contributed by atoms with E-state index in [1.807, 2.05) is 6.92 Å². The molecule has 0 amide bonds. The van der Waals surface area contributed by atoms with Crippen molar-refractivity contribution in [3.63, 3.8) is 0 Å². The maximum atomic E-state index is 11.1. The highest BCUT2D eigenvalue weighted by Crippen LogP contribution is 2.31. The van der Waals surface area contributed by atoms with Gasteiger partial charge in [-0.05, 0) is 19.1 Å². The predicted octanol–water partition coefficient (Wildman–Crippen LogP) is 2.11. The Hall–Kier alpha value is -1.71. The maximum Gasteiger partial charge on any atom is 0.311 e. The van der Waals surface area contributed by atoms with E-state index in [4.69, 9.17) is 9.47 Å². The molecular formula is C11H14O4. The van der Waals surface area contributed by atoms with Gasteiger partial charge in [0, 0.05) is 12.5 Å². The van der Waals surface area contributed by atoms with Gasteiger partial charge in [-0.25, -0.2) is 0 Å². The summed E-state index contributed by atoms with van der Waals surface area (Å²) >= 11 is 0. The Kier molecular flexibility index (Phi) is 3.97. The SMILES string of the molecule is CCOc1cc(O)ccc1OC(=O)CC. The molecule has 82 valence electrons. The molecule has 0 aliphatic heterocycles. The van der Waals surface area contributed by atoms with Gasteiger partial charge >= 0.3 is 5.97 Å². The van der Waals surface area contributed by atoms with Crippen LogP contribution >= 0.6 is 0 Å². The lowest BCUT2D eigenvalue weighted by Crippen LogP contribution is -2.07. The largest absolute Gasteiger partial charge is 0.508 e. The fourth-order valence-electron chi connectivity index (χ4n) is 1.04. The lowest BCUT2D eigenvalue weighted by Gasteiger charge is -2.09. The van der Waals surface area contributed by atoms with Crippen molar-refractivity contribution in [3.8, 4) is 17.2 Å². The van der Waals surface area contributed by atoms with Crippen molar-refractivity contribution in [2.24, 2.45) is 0 Å². The minimum Gasteiger partial charge on any atom is -0.508 e. The molecule has 1 aromatic carbocycles. The number of esters is 1. The average Bonchev–Trinajstić information content (AvgIpc) is 2.22. The zero-order valence-electron chi connectivity index (χ0n) is 8.82. The van der Waals surface area contributed by atoms with E-state index in [2.05, 4.69) is 0 Å². The lowest BCUT2D eigenvalue weighted by atomic mass is 10.3. The molecule has 0 fully saturated rings. The first-order valence-corrected chi connectivity index (χ1v) is 4.83.